The molecular weight excluding hydrogens is 1740 g/mol. The number of pyridine rings is 9. The molecule has 0 unspecified atom stereocenters. The van der Waals surface area contributed by atoms with Gasteiger partial charge in [0.15, 0.2) is 0 Å². The van der Waals surface area contributed by atoms with Gasteiger partial charge in [0.25, 0.3) is 0 Å². The van der Waals surface area contributed by atoms with Crippen molar-refractivity contribution in [3.8, 4) is 0 Å². The summed E-state index contributed by atoms with van der Waals surface area (Å²) in [5.74, 6) is 0.823. The van der Waals surface area contributed by atoms with Crippen LogP contribution in [0.1, 0.15) is 214 Å². The molecule has 0 atom stereocenters. The number of hydrogen-bond acceptors (Lipinski definition) is 13. The summed E-state index contributed by atoms with van der Waals surface area (Å²) in [6.07, 6.45) is 24.1. The monoisotopic (exact) mass is 1910 g/mol. The van der Waals surface area contributed by atoms with Gasteiger partial charge in [-0.2, -0.15) is 0 Å². The maximum Gasteiger partial charge on any atom is 0.125 e. The molecule has 22 rings (SSSR count). The molecule has 11 heterocycles. The van der Waals surface area contributed by atoms with E-state index in [1.165, 1.54) is 109 Å². The van der Waals surface area contributed by atoms with Crippen LogP contribution in [-0.2, 0) is 0 Å². The van der Waals surface area contributed by atoms with Crippen LogP contribution < -0.4 is 0 Å². The lowest BCUT2D eigenvalue weighted by Gasteiger charge is -1.98. The van der Waals surface area contributed by atoms with E-state index in [1.807, 2.05) is 419 Å². The summed E-state index contributed by atoms with van der Waals surface area (Å²) in [5.41, 5.74) is 19.0. The van der Waals surface area contributed by atoms with Crippen LogP contribution in [0.2, 0.25) is 0 Å². The van der Waals surface area contributed by atoms with Gasteiger partial charge in [-0.1, -0.05) is 375 Å². The van der Waals surface area contributed by atoms with Crippen molar-refractivity contribution in [1.29, 1.82) is 0 Å². The number of benzene rings is 11. The van der Waals surface area contributed by atoms with Gasteiger partial charge in [0.2, 0.25) is 0 Å². The first-order valence-corrected chi connectivity index (χ1v) is 51.2. The Balaban J connectivity index is 0.000000771. The Morgan fingerprint density at radius 3 is 1.14 bits per heavy atom. The summed E-state index contributed by atoms with van der Waals surface area (Å²) in [5, 5.41) is 18.4. The number of fused-ring (bicyclic) bond motifs is 11. The smallest absolute Gasteiger partial charge is 0.125 e. The Hall–Kier alpha value is -15.2. The molecule has 0 amide bonds. The molecule has 748 valence electrons. The molecule has 143 heavy (non-hydrogen) atoms. The average Bonchev–Trinajstić information content (AvgIpc) is 0.837. The molecule has 11 aromatic heterocycles. The molecule has 0 N–H and O–H groups in total. The average molecular weight is 1910 g/mol. The zero-order chi connectivity index (χ0) is 106. The molecule has 0 aliphatic heterocycles. The fourth-order valence-electron chi connectivity index (χ4n) is 13.0. The van der Waals surface area contributed by atoms with E-state index < -0.39 is 0 Å². The second kappa shape index (κ2) is 77.6. The van der Waals surface area contributed by atoms with Crippen LogP contribution in [0.4, 0.5) is 0 Å². The molecule has 0 fully saturated rings. The summed E-state index contributed by atoms with van der Waals surface area (Å²) in [6.45, 7) is 66.4. The van der Waals surface area contributed by atoms with Crippen molar-refractivity contribution in [3.05, 3.63) is 452 Å². The second-order valence-electron chi connectivity index (χ2n) is 29.1. The Labute approximate surface area is 859 Å². The fraction of sp³-hybridized carbons (Fsp3) is 0.254. The standard InChI is InChI=1S/9C10H9N.2C9H8N2.11C2H6/c1-8-2-3-10-7-11-5-4-9(10)6-8;1-8-2-3-9-4-5-11-7-10(9)6-8;1-8-4-5-10-9(7-8)3-2-6-11-10;1-8-4-5-9-3-2-6-11-10(9)7-8;1-8-6-11-7-9-4-2-3-5-10(8)9;1-8-6-9-4-2-3-5-10(9)7-11-8;1-8-6-9-4-2-3-5-10(9)11-7-8;1-8-10-5-3-2-4-9(10)6-7-11-8;1-8-6-7-9-4-2-3-5-10(9)11-8;1-7-10-6-8-4-2-3-5-9(8)11-7;1-7-6-10-8-4-2-3-5-9(8)11-7;11*1-2/h9*2-7H,1H3;2*2-6H,1H3;11*1-2H3. The molecule has 22 aromatic rings. The molecule has 13 heteroatoms. The minimum atomic E-state index is 0.823. The van der Waals surface area contributed by atoms with E-state index in [4.69, 9.17) is 0 Å². The highest BCUT2D eigenvalue weighted by molar-refractivity contribution is 5.88. The van der Waals surface area contributed by atoms with E-state index in [2.05, 4.69) is 258 Å². The van der Waals surface area contributed by atoms with E-state index in [-0.39, 0.29) is 0 Å². The third-order valence-corrected chi connectivity index (χ3v) is 19.3. The molecule has 0 bridgehead atoms. The van der Waals surface area contributed by atoms with Crippen LogP contribution in [0.5, 0.6) is 0 Å². The van der Waals surface area contributed by atoms with Crippen molar-refractivity contribution < 1.29 is 0 Å². The number of aryl methyl sites for hydroxylation is 11. The van der Waals surface area contributed by atoms with Gasteiger partial charge in [0.1, 0.15) is 5.82 Å². The van der Waals surface area contributed by atoms with Crippen molar-refractivity contribution in [2.24, 2.45) is 0 Å². The Morgan fingerprint density at radius 2 is 0.531 bits per heavy atom. The normalized spacial score (nSPS) is 9.15. The summed E-state index contributed by atoms with van der Waals surface area (Å²) >= 11 is 0. The number of nitrogens with zero attached hydrogens (tertiary/aromatic N) is 13. The quantitative estimate of drug-likeness (QED) is 0.141. The highest BCUT2D eigenvalue weighted by atomic mass is 14.9. The molecule has 0 saturated carbocycles. The van der Waals surface area contributed by atoms with E-state index in [1.54, 1.807) is 6.20 Å². The van der Waals surface area contributed by atoms with Crippen LogP contribution in [0, 0.1) is 76.2 Å². The molecule has 0 saturated heterocycles. The van der Waals surface area contributed by atoms with Crippen LogP contribution in [-0.4, -0.2) is 64.8 Å². The topological polar surface area (TPSA) is 168 Å². The molecule has 0 aliphatic rings. The van der Waals surface area contributed by atoms with Gasteiger partial charge in [0, 0.05) is 152 Å². The predicted molar refractivity (Wildman–Crippen MR) is 632 cm³/mol. The van der Waals surface area contributed by atoms with Crippen LogP contribution >= 0.6 is 0 Å². The number of aromatic nitrogens is 13. The van der Waals surface area contributed by atoms with E-state index in [0.717, 1.165) is 72.6 Å². The molecule has 13 nitrogen and oxygen atoms in total. The summed E-state index contributed by atoms with van der Waals surface area (Å²) < 4.78 is 0. The first-order valence-electron chi connectivity index (χ1n) is 51.2. The van der Waals surface area contributed by atoms with Gasteiger partial charge in [0.05, 0.1) is 44.3 Å². The lowest BCUT2D eigenvalue weighted by molar-refractivity contribution is 1.09. The third-order valence-electron chi connectivity index (χ3n) is 19.3. The highest BCUT2D eigenvalue weighted by Gasteiger charge is 2.01. The number of hydrogen-bond donors (Lipinski definition) is 0. The molecule has 0 aliphatic carbocycles. The minimum absolute atomic E-state index is 0.823. The lowest BCUT2D eigenvalue weighted by atomic mass is 10.1. The zero-order valence-corrected chi connectivity index (χ0v) is 92.3. The van der Waals surface area contributed by atoms with Gasteiger partial charge in [-0.15, -0.1) is 0 Å². The van der Waals surface area contributed by atoms with E-state index in [9.17, 15) is 0 Å². The van der Waals surface area contributed by atoms with Crippen LogP contribution in [0.3, 0.4) is 0 Å². The largest absolute Gasteiger partial charge is 0.264 e. The molecule has 11 aromatic carbocycles. The van der Waals surface area contributed by atoms with Gasteiger partial charge in [-0.25, -0.2) is 15.0 Å². The van der Waals surface area contributed by atoms with Gasteiger partial charge < -0.3 is 0 Å². The SMILES string of the molecule is CC.CC.CC.CC.CC.CC.CC.CC.CC.CC.CC.Cc1cc2ccccc2cn1.Cc1ccc2ccccc2n1.Cc1ccc2cccnc2c1.Cc1ccc2ccncc2c1.Cc1ccc2cnccc2c1.Cc1ccc2ncccc2c1.Cc1cnc2ccccc2c1.Cc1cnc2ccccc2n1.Cc1cncc2ccccc12.Cc1ncc2ccccc2n1.Cc1nccc2ccccc12. The second-order valence-corrected chi connectivity index (χ2v) is 29.1. The predicted octanol–water partition coefficient (Wildman–Crippen LogP) is 38.1. The van der Waals surface area contributed by atoms with Crippen LogP contribution in [0.15, 0.2) is 390 Å². The van der Waals surface area contributed by atoms with Crippen molar-refractivity contribution in [2.75, 3.05) is 0 Å². The first-order chi connectivity index (χ1) is 70.0. The third kappa shape index (κ3) is 46.2. The Morgan fingerprint density at radius 1 is 0.154 bits per heavy atom. The maximum absolute atomic E-state index is 4.38. The summed E-state index contributed by atoms with van der Waals surface area (Å²) in [6, 6.07) is 105. The summed E-state index contributed by atoms with van der Waals surface area (Å²) in [4.78, 5) is 54.6. The van der Waals surface area contributed by atoms with Crippen molar-refractivity contribution in [2.45, 2.75) is 228 Å². The van der Waals surface area contributed by atoms with E-state index >= 15 is 0 Å². The van der Waals surface area contributed by atoms with E-state index in [0.29, 0.717) is 0 Å². The Bertz CT molecular complexity index is 5910. The van der Waals surface area contributed by atoms with Crippen molar-refractivity contribution in [1.82, 2.24) is 64.8 Å². The highest BCUT2D eigenvalue weighted by Crippen LogP contribution is 2.22. The molecule has 0 radical (unpaired) electrons. The van der Waals surface area contributed by atoms with Crippen LogP contribution in [0.25, 0.3) is 119 Å². The number of rotatable bonds is 0. The molecular formula is C130H163N13. The van der Waals surface area contributed by atoms with Gasteiger partial charge in [-0.3, -0.25) is 49.8 Å². The van der Waals surface area contributed by atoms with Crippen molar-refractivity contribution >= 4 is 119 Å². The Kier molecular flexibility index (Phi) is 68.3. The number of para-hydroxylation sites is 5. The van der Waals surface area contributed by atoms with Gasteiger partial charge >= 0.3 is 0 Å². The zero-order valence-electron chi connectivity index (χ0n) is 92.3. The van der Waals surface area contributed by atoms with Gasteiger partial charge in [-0.05, 0) is 223 Å². The van der Waals surface area contributed by atoms with Crippen molar-refractivity contribution in [3.63, 3.8) is 0 Å². The maximum atomic E-state index is 4.38. The first kappa shape index (κ1) is 126. The minimum Gasteiger partial charge on any atom is -0.264 e. The molecule has 0 spiro atoms. The lowest BCUT2D eigenvalue weighted by Crippen LogP contribution is -1.86. The summed E-state index contributed by atoms with van der Waals surface area (Å²) in [7, 11) is 0. The fourth-order valence-corrected chi connectivity index (χ4v) is 13.0.